The molecular formula is C30H23N3O6. The van der Waals surface area contributed by atoms with Crippen LogP contribution in [0.5, 0.6) is 5.75 Å². The van der Waals surface area contributed by atoms with Crippen molar-refractivity contribution in [1.29, 1.82) is 0 Å². The third-order valence-corrected chi connectivity index (χ3v) is 6.59. The number of imide groups is 2. The van der Waals surface area contributed by atoms with E-state index in [-0.39, 0.29) is 17.9 Å². The second-order valence-corrected chi connectivity index (χ2v) is 9.14. The Morgan fingerprint density at radius 3 is 2.49 bits per heavy atom. The summed E-state index contributed by atoms with van der Waals surface area (Å²) in [7, 11) is 0. The van der Waals surface area contributed by atoms with Crippen molar-refractivity contribution in [1.82, 2.24) is 5.32 Å². The van der Waals surface area contributed by atoms with Gasteiger partial charge in [0.2, 0.25) is 0 Å². The highest BCUT2D eigenvalue weighted by Crippen LogP contribution is 2.33. The number of fused-ring (bicyclic) bond motifs is 1. The number of nitro groups is 1. The molecule has 0 aromatic heterocycles. The molecule has 0 aliphatic carbocycles. The summed E-state index contributed by atoms with van der Waals surface area (Å²) in [4.78, 5) is 50.8. The van der Waals surface area contributed by atoms with Crippen molar-refractivity contribution in [2.24, 2.45) is 0 Å². The van der Waals surface area contributed by atoms with Crippen molar-refractivity contribution >= 4 is 46.1 Å². The molecule has 39 heavy (non-hydrogen) atoms. The smallest absolute Gasteiger partial charge is 0.335 e. The maximum atomic E-state index is 13.5. The molecule has 1 N–H and O–H groups in total. The number of carbonyl (C=O) groups excluding carboxylic acids is 3. The van der Waals surface area contributed by atoms with Crippen LogP contribution in [0.2, 0.25) is 0 Å². The van der Waals surface area contributed by atoms with Gasteiger partial charge in [-0.25, -0.2) is 9.69 Å². The molecular weight excluding hydrogens is 498 g/mol. The minimum atomic E-state index is -0.828. The van der Waals surface area contributed by atoms with Crippen LogP contribution >= 0.6 is 0 Å². The first-order valence-electron chi connectivity index (χ1n) is 12.1. The van der Waals surface area contributed by atoms with E-state index in [1.54, 1.807) is 36.4 Å². The standard InChI is InChI=1S/C30H23N3O6/c1-18-10-12-22(14-19(18)2)32-29(35)26(28(34)31-30(32)36)16-25-24-9-4-3-7-21(24)11-13-27(25)39-17-20-6-5-8-23(15-20)33(37)38/h3-16H,17H2,1-2H3,(H,31,34,36)/b26-16+. The largest absolute Gasteiger partial charge is 0.488 e. The van der Waals surface area contributed by atoms with E-state index in [4.69, 9.17) is 4.74 Å². The van der Waals surface area contributed by atoms with Gasteiger partial charge in [0.05, 0.1) is 10.6 Å². The van der Waals surface area contributed by atoms with E-state index in [1.165, 1.54) is 18.2 Å². The van der Waals surface area contributed by atoms with Crippen LogP contribution in [-0.2, 0) is 16.2 Å². The summed E-state index contributed by atoms with van der Waals surface area (Å²) in [6.07, 6.45) is 1.42. The van der Waals surface area contributed by atoms with E-state index < -0.39 is 22.8 Å². The highest BCUT2D eigenvalue weighted by Gasteiger charge is 2.37. The van der Waals surface area contributed by atoms with E-state index in [1.807, 2.05) is 44.2 Å². The quantitative estimate of drug-likeness (QED) is 0.152. The summed E-state index contributed by atoms with van der Waals surface area (Å²) in [5, 5.41) is 15.0. The lowest BCUT2D eigenvalue weighted by molar-refractivity contribution is -0.384. The van der Waals surface area contributed by atoms with Gasteiger partial charge >= 0.3 is 6.03 Å². The molecule has 0 atom stereocenters. The predicted molar refractivity (Wildman–Crippen MR) is 146 cm³/mol. The number of amides is 4. The average molecular weight is 522 g/mol. The number of nitro benzene ring substituents is 1. The van der Waals surface area contributed by atoms with Gasteiger partial charge in [0, 0.05) is 17.7 Å². The zero-order valence-electron chi connectivity index (χ0n) is 21.1. The first kappa shape index (κ1) is 25.3. The van der Waals surface area contributed by atoms with Crippen LogP contribution in [-0.4, -0.2) is 22.8 Å². The van der Waals surface area contributed by atoms with Crippen LogP contribution in [0.15, 0.2) is 84.4 Å². The van der Waals surface area contributed by atoms with Gasteiger partial charge in [-0.3, -0.25) is 25.0 Å². The molecule has 1 heterocycles. The van der Waals surface area contributed by atoms with Crippen LogP contribution in [0.3, 0.4) is 0 Å². The van der Waals surface area contributed by atoms with Gasteiger partial charge in [-0.15, -0.1) is 0 Å². The summed E-state index contributed by atoms with van der Waals surface area (Å²) in [5.41, 5.74) is 2.99. The lowest BCUT2D eigenvalue weighted by Crippen LogP contribution is -2.54. The Morgan fingerprint density at radius 2 is 1.72 bits per heavy atom. The van der Waals surface area contributed by atoms with E-state index in [0.717, 1.165) is 26.8 Å². The van der Waals surface area contributed by atoms with Gasteiger partial charge in [0.15, 0.2) is 0 Å². The van der Waals surface area contributed by atoms with Crippen LogP contribution < -0.4 is 15.0 Å². The van der Waals surface area contributed by atoms with Crippen molar-refractivity contribution < 1.29 is 24.0 Å². The summed E-state index contributed by atoms with van der Waals surface area (Å²) in [6, 6.07) is 21.4. The monoisotopic (exact) mass is 521 g/mol. The molecule has 1 aliphatic rings. The van der Waals surface area contributed by atoms with Gasteiger partial charge < -0.3 is 4.74 Å². The highest BCUT2D eigenvalue weighted by atomic mass is 16.6. The molecule has 5 rings (SSSR count). The molecule has 1 fully saturated rings. The number of rotatable bonds is 6. The van der Waals surface area contributed by atoms with Crippen molar-refractivity contribution in [2.75, 3.05) is 4.90 Å². The third kappa shape index (κ3) is 4.97. The molecule has 0 saturated carbocycles. The Hall–Kier alpha value is -5.31. The molecule has 4 amide bonds. The number of hydrogen-bond acceptors (Lipinski definition) is 6. The normalized spacial score (nSPS) is 14.6. The summed E-state index contributed by atoms with van der Waals surface area (Å²) < 4.78 is 6.05. The lowest BCUT2D eigenvalue weighted by Gasteiger charge is -2.27. The fraction of sp³-hybridized carbons (Fsp3) is 0.100. The number of benzene rings is 4. The molecule has 4 aromatic carbocycles. The third-order valence-electron chi connectivity index (χ3n) is 6.59. The second kappa shape index (κ2) is 10.2. The average Bonchev–Trinajstić information content (AvgIpc) is 2.92. The van der Waals surface area contributed by atoms with Crippen molar-refractivity contribution in [3.63, 3.8) is 0 Å². The number of hydrogen-bond donors (Lipinski definition) is 1. The zero-order chi connectivity index (χ0) is 27.7. The van der Waals surface area contributed by atoms with E-state index in [9.17, 15) is 24.5 Å². The molecule has 1 aliphatic heterocycles. The minimum Gasteiger partial charge on any atom is -0.488 e. The SMILES string of the molecule is Cc1ccc(N2C(=O)NC(=O)/C(=C\c3c(OCc4cccc([N+](=O)[O-])c4)ccc4ccccc34)C2=O)cc1C. The van der Waals surface area contributed by atoms with E-state index in [2.05, 4.69) is 5.32 Å². The molecule has 0 bridgehead atoms. The molecule has 194 valence electrons. The summed E-state index contributed by atoms with van der Waals surface area (Å²) in [5.74, 6) is -1.21. The number of carbonyl (C=O) groups is 3. The van der Waals surface area contributed by atoms with Crippen LogP contribution in [0.1, 0.15) is 22.3 Å². The van der Waals surface area contributed by atoms with Crippen LogP contribution in [0.25, 0.3) is 16.8 Å². The first-order chi connectivity index (χ1) is 18.7. The van der Waals surface area contributed by atoms with Gasteiger partial charge in [-0.05, 0) is 65.6 Å². The van der Waals surface area contributed by atoms with Gasteiger partial charge in [0.1, 0.15) is 17.9 Å². The van der Waals surface area contributed by atoms with Crippen molar-refractivity contribution in [2.45, 2.75) is 20.5 Å². The molecule has 0 unspecified atom stereocenters. The number of barbiturate groups is 1. The molecule has 0 spiro atoms. The minimum absolute atomic E-state index is 0.0175. The fourth-order valence-corrected chi connectivity index (χ4v) is 4.37. The second-order valence-electron chi connectivity index (χ2n) is 9.14. The van der Waals surface area contributed by atoms with Crippen molar-refractivity contribution in [3.8, 4) is 5.75 Å². The molecule has 1 saturated heterocycles. The predicted octanol–water partition coefficient (Wildman–Crippen LogP) is 5.61. The Labute approximate surface area is 223 Å². The number of ether oxygens (including phenoxy) is 1. The van der Waals surface area contributed by atoms with Crippen molar-refractivity contribution in [3.05, 3.63) is 117 Å². The number of anilines is 1. The Morgan fingerprint density at radius 1 is 0.923 bits per heavy atom. The van der Waals surface area contributed by atoms with Gasteiger partial charge in [-0.1, -0.05) is 48.5 Å². The molecule has 9 heteroatoms. The van der Waals surface area contributed by atoms with Gasteiger partial charge in [-0.2, -0.15) is 0 Å². The van der Waals surface area contributed by atoms with Crippen LogP contribution in [0.4, 0.5) is 16.2 Å². The van der Waals surface area contributed by atoms with Crippen LogP contribution in [0, 0.1) is 24.0 Å². The first-order valence-corrected chi connectivity index (χ1v) is 12.1. The number of non-ortho nitro benzene ring substituents is 1. The molecule has 9 nitrogen and oxygen atoms in total. The Bertz CT molecular complexity index is 1710. The highest BCUT2D eigenvalue weighted by molar-refractivity contribution is 6.39. The van der Waals surface area contributed by atoms with E-state index >= 15 is 0 Å². The maximum absolute atomic E-state index is 13.5. The summed E-state index contributed by atoms with van der Waals surface area (Å²) >= 11 is 0. The molecule has 0 radical (unpaired) electrons. The number of aryl methyl sites for hydroxylation is 2. The number of nitrogens with zero attached hydrogens (tertiary/aromatic N) is 2. The Kier molecular flexibility index (Phi) is 6.64. The number of nitrogens with one attached hydrogen (secondary N) is 1. The fourth-order valence-electron chi connectivity index (χ4n) is 4.37. The zero-order valence-corrected chi connectivity index (χ0v) is 21.1. The lowest BCUT2D eigenvalue weighted by atomic mass is 9.99. The molecule has 4 aromatic rings. The number of urea groups is 1. The van der Waals surface area contributed by atoms with Gasteiger partial charge in [0.25, 0.3) is 17.5 Å². The van der Waals surface area contributed by atoms with E-state index in [0.29, 0.717) is 22.6 Å². The topological polar surface area (TPSA) is 119 Å². The summed E-state index contributed by atoms with van der Waals surface area (Å²) in [6.45, 7) is 3.81. The Balaban J connectivity index is 1.57. The maximum Gasteiger partial charge on any atom is 0.335 e.